The van der Waals surface area contributed by atoms with E-state index in [1.165, 1.54) is 116 Å². The Balaban J connectivity index is 5.12. The van der Waals surface area contributed by atoms with Gasteiger partial charge in [0.05, 0.1) is 26.4 Å². The maximum Gasteiger partial charge on any atom is 0.472 e. The number of unbranched alkanes of at least 4 members (excludes halogenated alkanes) is 36. The first-order chi connectivity index (χ1) is 38.7. The van der Waals surface area contributed by atoms with E-state index < -0.39 is 97.5 Å². The van der Waals surface area contributed by atoms with Gasteiger partial charge in [0.25, 0.3) is 0 Å². The normalized spacial score (nSPS) is 14.2. The summed E-state index contributed by atoms with van der Waals surface area (Å²) < 4.78 is 67.6. The Hall–Kier alpha value is -1.94. The van der Waals surface area contributed by atoms with E-state index in [2.05, 4.69) is 27.7 Å². The molecule has 0 aromatic heterocycles. The molecule has 0 aliphatic rings. The standard InChI is InChI=1S/C61H118O17P2/c1-5-9-13-17-21-24-25-26-27-28-29-30-31-32-36-40-44-48-61(66)78-57(52-72-59(64)46-42-38-34-22-18-14-10-6-2)54-76-80(69,70)74-50-55(62)49-73-79(67,68)75-53-56(51-71-58(63)45-41-37-33-20-16-12-8-4)77-60(65)47-43-39-35-23-19-15-11-7-3/h55-57,62H,5-54H2,1-4H3,(H,67,68)(H,69,70)/t55-,56+,57+/m0/s1. The van der Waals surface area contributed by atoms with E-state index >= 15 is 0 Å². The van der Waals surface area contributed by atoms with Crippen LogP contribution in [-0.4, -0.2) is 96.7 Å². The number of carbonyl (C=O) groups is 4. The van der Waals surface area contributed by atoms with Crippen molar-refractivity contribution in [1.29, 1.82) is 0 Å². The summed E-state index contributed by atoms with van der Waals surface area (Å²) in [7, 11) is -9.87. The van der Waals surface area contributed by atoms with Crippen molar-refractivity contribution in [2.75, 3.05) is 39.6 Å². The van der Waals surface area contributed by atoms with Crippen molar-refractivity contribution in [2.24, 2.45) is 0 Å². The van der Waals surface area contributed by atoms with Crippen LogP contribution in [0.25, 0.3) is 0 Å². The molecule has 0 fully saturated rings. The van der Waals surface area contributed by atoms with Gasteiger partial charge in [0.1, 0.15) is 19.3 Å². The van der Waals surface area contributed by atoms with Gasteiger partial charge in [-0.2, -0.15) is 0 Å². The van der Waals surface area contributed by atoms with Crippen molar-refractivity contribution in [3.8, 4) is 0 Å². The molecule has 0 saturated carbocycles. The molecule has 0 aliphatic carbocycles. The van der Waals surface area contributed by atoms with Gasteiger partial charge in [0.2, 0.25) is 0 Å². The van der Waals surface area contributed by atoms with Gasteiger partial charge in [-0.3, -0.25) is 37.3 Å². The Labute approximate surface area is 486 Å². The molecule has 19 heteroatoms. The first kappa shape index (κ1) is 78.1. The van der Waals surface area contributed by atoms with Crippen LogP contribution in [0.4, 0.5) is 0 Å². The quantitative estimate of drug-likeness (QED) is 0.0222. The van der Waals surface area contributed by atoms with Crippen LogP contribution in [0.2, 0.25) is 0 Å². The second kappa shape index (κ2) is 56.2. The Morgan fingerprint density at radius 1 is 0.300 bits per heavy atom. The summed E-state index contributed by atoms with van der Waals surface area (Å²) in [5, 5.41) is 10.5. The van der Waals surface area contributed by atoms with Gasteiger partial charge in [-0.25, -0.2) is 9.13 Å². The van der Waals surface area contributed by atoms with Crippen LogP contribution in [-0.2, 0) is 65.4 Å². The van der Waals surface area contributed by atoms with Crippen LogP contribution in [0.15, 0.2) is 0 Å². The first-order valence-electron chi connectivity index (χ1n) is 32.3. The minimum Gasteiger partial charge on any atom is -0.462 e. The zero-order valence-corrected chi connectivity index (χ0v) is 52.8. The number of aliphatic hydroxyl groups excluding tert-OH is 1. The molecule has 0 aliphatic heterocycles. The Kier molecular flexibility index (Phi) is 54.8. The molecule has 0 amide bonds. The van der Waals surface area contributed by atoms with Crippen LogP contribution >= 0.6 is 15.6 Å². The zero-order valence-electron chi connectivity index (χ0n) is 51.0. The third kappa shape index (κ3) is 55.3. The van der Waals surface area contributed by atoms with E-state index in [1.54, 1.807) is 0 Å². The molecule has 0 heterocycles. The lowest BCUT2D eigenvalue weighted by Gasteiger charge is -2.21. The SMILES string of the molecule is CCCCCCCCCCCCCCCCCCCC(=O)O[C@H](COC(=O)CCCCCCCCCC)COP(=O)(O)OC[C@@H](O)COP(=O)(O)OC[C@@H](COC(=O)CCCCCCCCC)OC(=O)CCCCCCCCCC. The first-order valence-corrected chi connectivity index (χ1v) is 35.3. The fourth-order valence-electron chi connectivity index (χ4n) is 9.10. The molecule has 0 spiro atoms. The average Bonchev–Trinajstić information content (AvgIpc) is 3.43. The highest BCUT2D eigenvalue weighted by atomic mass is 31.2. The van der Waals surface area contributed by atoms with Crippen molar-refractivity contribution >= 4 is 39.5 Å². The largest absolute Gasteiger partial charge is 0.472 e. The molecule has 474 valence electrons. The molecule has 0 saturated heterocycles. The summed E-state index contributed by atoms with van der Waals surface area (Å²) in [5.41, 5.74) is 0. The number of ether oxygens (including phenoxy) is 4. The Bertz CT molecular complexity index is 1550. The molecule has 0 radical (unpaired) electrons. The highest BCUT2D eigenvalue weighted by Gasteiger charge is 2.30. The van der Waals surface area contributed by atoms with E-state index in [9.17, 15) is 43.2 Å². The molecular weight excluding hydrogens is 1070 g/mol. The van der Waals surface area contributed by atoms with Crippen LogP contribution in [0, 0.1) is 0 Å². The van der Waals surface area contributed by atoms with Crippen LogP contribution < -0.4 is 0 Å². The number of hydrogen-bond acceptors (Lipinski definition) is 15. The Morgan fingerprint density at radius 2 is 0.500 bits per heavy atom. The molecule has 0 rings (SSSR count). The van der Waals surface area contributed by atoms with Crippen molar-refractivity contribution in [1.82, 2.24) is 0 Å². The molecule has 0 aromatic carbocycles. The number of esters is 4. The van der Waals surface area contributed by atoms with E-state index in [0.29, 0.717) is 25.7 Å². The smallest absolute Gasteiger partial charge is 0.462 e. The lowest BCUT2D eigenvalue weighted by Crippen LogP contribution is -2.30. The predicted octanol–water partition coefficient (Wildman–Crippen LogP) is 16.8. The van der Waals surface area contributed by atoms with Gasteiger partial charge < -0.3 is 33.8 Å². The number of rotatable bonds is 62. The van der Waals surface area contributed by atoms with E-state index in [1.807, 2.05) is 0 Å². The third-order valence-corrected chi connectivity index (χ3v) is 16.0. The number of phosphoric acid groups is 2. The summed E-state index contributed by atoms with van der Waals surface area (Å²) >= 11 is 0. The lowest BCUT2D eigenvalue weighted by atomic mass is 10.0. The molecule has 80 heavy (non-hydrogen) atoms. The summed E-state index contributed by atoms with van der Waals surface area (Å²) in [6.45, 7) is 4.78. The van der Waals surface area contributed by atoms with Crippen molar-refractivity contribution < 1.29 is 80.2 Å². The van der Waals surface area contributed by atoms with E-state index in [4.69, 9.17) is 37.0 Å². The number of phosphoric ester groups is 2. The molecule has 5 atom stereocenters. The molecular formula is C61H118O17P2. The van der Waals surface area contributed by atoms with Crippen LogP contribution in [0.1, 0.15) is 310 Å². The third-order valence-electron chi connectivity index (χ3n) is 14.1. The average molecular weight is 1190 g/mol. The van der Waals surface area contributed by atoms with Gasteiger partial charge in [-0.1, -0.05) is 259 Å². The summed E-state index contributed by atoms with van der Waals surface area (Å²) in [6.07, 6.45) is 40.6. The van der Waals surface area contributed by atoms with E-state index in [-0.39, 0.29) is 25.7 Å². The minimum atomic E-state index is -4.94. The minimum absolute atomic E-state index is 0.105. The molecule has 0 aromatic rings. The van der Waals surface area contributed by atoms with Gasteiger partial charge >= 0.3 is 39.5 Å². The zero-order chi connectivity index (χ0) is 59.1. The predicted molar refractivity (Wildman–Crippen MR) is 317 cm³/mol. The van der Waals surface area contributed by atoms with Crippen molar-refractivity contribution in [2.45, 2.75) is 329 Å². The van der Waals surface area contributed by atoms with Crippen molar-refractivity contribution in [3.05, 3.63) is 0 Å². The summed E-state index contributed by atoms with van der Waals surface area (Å²) in [5.74, 6) is -2.15. The second-order valence-corrected chi connectivity index (χ2v) is 25.0. The molecule has 17 nitrogen and oxygen atoms in total. The summed E-state index contributed by atoms with van der Waals surface area (Å²) in [4.78, 5) is 71.8. The fraction of sp³-hybridized carbons (Fsp3) is 0.934. The Morgan fingerprint density at radius 3 is 0.738 bits per heavy atom. The molecule has 2 unspecified atom stereocenters. The monoisotopic (exact) mass is 1180 g/mol. The van der Waals surface area contributed by atoms with Gasteiger partial charge in [-0.15, -0.1) is 0 Å². The van der Waals surface area contributed by atoms with E-state index in [0.717, 1.165) is 116 Å². The van der Waals surface area contributed by atoms with Crippen LogP contribution in [0.5, 0.6) is 0 Å². The fourth-order valence-corrected chi connectivity index (χ4v) is 10.7. The lowest BCUT2D eigenvalue weighted by molar-refractivity contribution is -0.161. The maximum absolute atomic E-state index is 12.9. The van der Waals surface area contributed by atoms with Gasteiger partial charge in [0.15, 0.2) is 12.2 Å². The number of aliphatic hydroxyl groups is 1. The number of carbonyl (C=O) groups excluding carboxylic acids is 4. The molecule has 0 bridgehead atoms. The highest BCUT2D eigenvalue weighted by Crippen LogP contribution is 2.45. The van der Waals surface area contributed by atoms with Gasteiger partial charge in [-0.05, 0) is 25.7 Å². The topological polar surface area (TPSA) is 237 Å². The number of hydrogen-bond donors (Lipinski definition) is 3. The molecule has 3 N–H and O–H groups in total. The summed E-state index contributed by atoms with van der Waals surface area (Å²) in [6, 6.07) is 0. The van der Waals surface area contributed by atoms with Crippen molar-refractivity contribution in [3.63, 3.8) is 0 Å². The second-order valence-electron chi connectivity index (χ2n) is 22.1. The van der Waals surface area contributed by atoms with Gasteiger partial charge in [0, 0.05) is 25.7 Å². The highest BCUT2D eigenvalue weighted by molar-refractivity contribution is 7.47. The van der Waals surface area contributed by atoms with Crippen LogP contribution in [0.3, 0.4) is 0 Å². The maximum atomic E-state index is 12.9.